The summed E-state index contributed by atoms with van der Waals surface area (Å²) in [6, 6.07) is 3.67. The molecule has 0 radical (unpaired) electrons. The Bertz CT molecular complexity index is 1990. The Kier molecular flexibility index (Phi) is 30.6. The molecule has 2 heterocycles. The van der Waals surface area contributed by atoms with Crippen LogP contribution in [-0.2, 0) is 55.1 Å². The molecule has 8 atom stereocenters. The predicted octanol–water partition coefficient (Wildman–Crippen LogP) is 11.3. The van der Waals surface area contributed by atoms with Crippen LogP contribution in [0.2, 0.25) is 0 Å². The van der Waals surface area contributed by atoms with E-state index in [-0.39, 0.29) is 66.9 Å². The number of Topliss-reactive ketones (excluding diaryl/α,β-unsaturated/α-hetero) is 2. The second kappa shape index (κ2) is 31.5. The fraction of sp³-hybridized carbons (Fsp3) is 0.679. The number of carbonyl (C=O) groups excluding carboxylic acids is 4. The molecule has 0 bridgehead atoms. The van der Waals surface area contributed by atoms with Crippen molar-refractivity contribution in [2.24, 2.45) is 45.8 Å². The number of allylic oxidation sites excluding steroid dienone is 4. The molecule has 14 heteroatoms. The standard InChI is InChI=1S/C39H54N3O5.C7H12O2.C5H10O.C2H6.C2H2.CH4O.H2O.W/c1-9-10-32(44)46-25(5)16-19-37(6)24(4)15-18-38(7)28-17-20-39(36-42-41-35(47-36)29-13-11-26(45-8)22-40-29)21-30(43)33(23(2)3)34(39)27(28)12-14-31(37)38;1-6(9)4-7(2,3)5-8;1-4-5(2)6-3;3*1-2;;/h9,11,13,22-25,27-28,31H,10,12,14-21H2,1-8H3;5H,4H2,1-3H3;4H,1-3H3;1-2H3;1-2H;2H,1H3;1H2;/q-1;;;;;;;/b;;5-4+;;;;;. The molecule has 70 heavy (non-hydrogen) atoms. The molecule has 0 amide bonds. The molecule has 3 fully saturated rings. The second-order valence-corrected chi connectivity index (χ2v) is 20.0. The number of hydrogen-bond donors (Lipinski definition) is 1. The van der Waals surface area contributed by atoms with Crippen LogP contribution in [0.25, 0.3) is 11.6 Å². The van der Waals surface area contributed by atoms with Crippen LogP contribution in [-0.4, -0.2) is 77.0 Å². The van der Waals surface area contributed by atoms with Gasteiger partial charge in [0.15, 0.2) is 5.78 Å². The Hall–Kier alpha value is -3.98. The summed E-state index contributed by atoms with van der Waals surface area (Å²) in [4.78, 5) is 51.3. The zero-order chi connectivity index (χ0) is 52.2. The number of methoxy groups -OCH3 is 2. The summed E-state index contributed by atoms with van der Waals surface area (Å²) >= 11 is 0. The van der Waals surface area contributed by atoms with Gasteiger partial charge >= 0.3 is 0 Å². The molecule has 0 aliphatic heterocycles. The van der Waals surface area contributed by atoms with Crippen LogP contribution in [0.15, 0.2) is 45.7 Å². The number of aliphatic hydroxyl groups is 1. The van der Waals surface area contributed by atoms with Gasteiger partial charge in [0.05, 0.1) is 37.7 Å². The van der Waals surface area contributed by atoms with Gasteiger partial charge in [0, 0.05) is 46.4 Å². The number of rotatable bonds is 14. The smallest absolute Gasteiger partial charge is 0.275 e. The average Bonchev–Trinajstić information content (AvgIpc) is 3.95. The minimum absolute atomic E-state index is 0. The van der Waals surface area contributed by atoms with Crippen LogP contribution < -0.4 is 4.74 Å². The van der Waals surface area contributed by atoms with E-state index in [2.05, 4.69) is 62.6 Å². The molecule has 4 aliphatic rings. The van der Waals surface area contributed by atoms with E-state index in [1.165, 1.54) is 25.3 Å². The summed E-state index contributed by atoms with van der Waals surface area (Å²) in [5.74, 6) is 4.91. The van der Waals surface area contributed by atoms with Crippen LogP contribution >= 0.6 is 0 Å². The van der Waals surface area contributed by atoms with E-state index in [1.54, 1.807) is 34.3 Å². The Morgan fingerprint density at radius 2 is 1.66 bits per heavy atom. The number of aliphatic hydroxyl groups excluding tert-OH is 1. The summed E-state index contributed by atoms with van der Waals surface area (Å²) in [7, 11) is 4.28. The number of terminal acetylenes is 1. The molecular weight excluding hydrogens is 1060 g/mol. The van der Waals surface area contributed by atoms with E-state index in [9.17, 15) is 19.2 Å². The van der Waals surface area contributed by atoms with Gasteiger partial charge in [-0.15, -0.1) is 23.0 Å². The molecule has 6 rings (SSSR count). The zero-order valence-electron chi connectivity index (χ0n) is 45.8. The number of pyridine rings is 1. The minimum Gasteiger partial charge on any atom is -0.502 e. The second-order valence-electron chi connectivity index (χ2n) is 20.0. The van der Waals surface area contributed by atoms with Gasteiger partial charge in [-0.25, -0.2) is 4.98 Å². The van der Waals surface area contributed by atoms with Gasteiger partial charge in [-0.1, -0.05) is 74.8 Å². The van der Waals surface area contributed by atoms with Gasteiger partial charge in [0.25, 0.3) is 11.9 Å². The van der Waals surface area contributed by atoms with Crippen LogP contribution in [0.1, 0.15) is 173 Å². The number of carbonyl (C=O) groups is 4. The quantitative estimate of drug-likeness (QED) is 0.0618. The first kappa shape index (κ1) is 68.1. The van der Waals surface area contributed by atoms with Gasteiger partial charge in [-0.3, -0.25) is 14.4 Å². The maximum atomic E-state index is 13.9. The average molecular weight is 1150 g/mol. The zero-order valence-corrected chi connectivity index (χ0v) is 48.8. The fourth-order valence-corrected chi connectivity index (χ4v) is 11.5. The Morgan fingerprint density at radius 1 is 1.03 bits per heavy atom. The first-order chi connectivity index (χ1) is 32.2. The fourth-order valence-electron chi connectivity index (χ4n) is 11.5. The molecular formula is C56H90N3O10W-. The van der Waals surface area contributed by atoms with E-state index >= 15 is 0 Å². The van der Waals surface area contributed by atoms with E-state index < -0.39 is 10.8 Å². The molecule has 396 valence electrons. The maximum absolute atomic E-state index is 13.9. The van der Waals surface area contributed by atoms with E-state index in [0.29, 0.717) is 66.2 Å². The Balaban J connectivity index is 0. The summed E-state index contributed by atoms with van der Waals surface area (Å²) in [6.45, 7) is 28.7. The van der Waals surface area contributed by atoms with E-state index in [1.807, 2.05) is 66.2 Å². The third-order valence-electron chi connectivity index (χ3n) is 14.9. The van der Waals surface area contributed by atoms with Crippen molar-refractivity contribution in [1.29, 1.82) is 0 Å². The number of ether oxygens (including phenoxy) is 3. The van der Waals surface area contributed by atoms with Crippen LogP contribution in [0.4, 0.5) is 0 Å². The topological polar surface area (TPSA) is 200 Å². The summed E-state index contributed by atoms with van der Waals surface area (Å²) < 4.78 is 22.3. The van der Waals surface area contributed by atoms with Crippen molar-refractivity contribution in [3.63, 3.8) is 0 Å². The Labute approximate surface area is 436 Å². The van der Waals surface area contributed by atoms with E-state index in [4.69, 9.17) is 23.7 Å². The van der Waals surface area contributed by atoms with Crippen molar-refractivity contribution in [1.82, 2.24) is 15.2 Å². The number of esters is 1. The molecule has 4 aliphatic carbocycles. The van der Waals surface area contributed by atoms with Crippen LogP contribution in [0.5, 0.6) is 5.75 Å². The maximum Gasteiger partial charge on any atom is 0.275 e. The molecule has 2 aromatic rings. The third kappa shape index (κ3) is 16.5. The first-order valence-corrected chi connectivity index (χ1v) is 24.7. The van der Waals surface area contributed by atoms with Gasteiger partial charge in [0.1, 0.15) is 23.5 Å². The molecule has 2 aromatic heterocycles. The van der Waals surface area contributed by atoms with Crippen LogP contribution in [0.3, 0.4) is 0 Å². The number of aldehydes is 1. The van der Waals surface area contributed by atoms with Crippen molar-refractivity contribution in [2.45, 2.75) is 179 Å². The minimum atomic E-state index is -0.542. The van der Waals surface area contributed by atoms with Gasteiger partial charge in [-0.2, -0.15) is 6.92 Å². The van der Waals surface area contributed by atoms with Gasteiger partial charge < -0.3 is 40.4 Å². The third-order valence-corrected chi connectivity index (χ3v) is 14.9. The van der Waals surface area contributed by atoms with Crippen molar-refractivity contribution >= 4 is 23.8 Å². The van der Waals surface area contributed by atoms with Gasteiger partial charge in [0.2, 0.25) is 5.89 Å². The molecule has 13 nitrogen and oxygen atoms in total. The number of hydrogen-bond acceptors (Lipinski definition) is 12. The SMILES string of the molecule is C#C.C/C=C(\C)OC.CC.CC(=O)CC(C)(C)C=O.CO.C[CH-]CC(=O)OC(C)CCC1(C)C(C)CCC2(C)C3CCC4(c5nnc(-c6ccc(OC)cn6)o5)CC(=O)C(C(C)C)=C4C3CCC12.O.[W]. The normalized spacial score (nSPS) is 25.5. The van der Waals surface area contributed by atoms with Gasteiger partial charge in [-0.05, 0) is 143 Å². The van der Waals surface area contributed by atoms with E-state index in [0.717, 1.165) is 63.3 Å². The first-order valence-electron chi connectivity index (χ1n) is 24.7. The molecule has 0 spiro atoms. The predicted molar refractivity (Wildman–Crippen MR) is 275 cm³/mol. The summed E-state index contributed by atoms with van der Waals surface area (Å²) in [6.07, 6.45) is 23.8. The van der Waals surface area contributed by atoms with Crippen LogP contribution in [0, 0.1) is 65.1 Å². The largest absolute Gasteiger partial charge is 0.502 e. The number of aromatic nitrogens is 3. The Morgan fingerprint density at radius 3 is 2.13 bits per heavy atom. The number of ketones is 2. The molecule has 8 unspecified atom stereocenters. The monoisotopic (exact) mass is 1150 g/mol. The van der Waals surface area contributed by atoms with Crippen molar-refractivity contribution in [2.75, 3.05) is 21.3 Å². The summed E-state index contributed by atoms with van der Waals surface area (Å²) in [5.41, 5.74) is 2.24. The molecule has 3 N–H and O–H groups in total. The molecule has 3 saturated carbocycles. The van der Waals surface area contributed by atoms with Crippen molar-refractivity contribution < 1.29 is 69.5 Å². The number of fused-ring (bicyclic) bond motifs is 5. The molecule has 0 saturated heterocycles. The van der Waals surface area contributed by atoms with Crippen molar-refractivity contribution in [3.8, 4) is 30.2 Å². The van der Waals surface area contributed by atoms with Crippen molar-refractivity contribution in [3.05, 3.63) is 53.6 Å². The summed E-state index contributed by atoms with van der Waals surface area (Å²) in [5, 5.41) is 16.1. The molecule has 0 aromatic carbocycles. The number of nitrogens with zero attached hydrogens (tertiary/aromatic N) is 3.